The van der Waals surface area contributed by atoms with E-state index in [1.54, 1.807) is 6.20 Å². The Morgan fingerprint density at radius 3 is 2.63 bits per heavy atom. The van der Waals surface area contributed by atoms with Crippen LogP contribution in [0.1, 0.15) is 37.1 Å². The molecule has 1 aromatic carbocycles. The summed E-state index contributed by atoms with van der Waals surface area (Å²) >= 11 is 0. The number of furan rings is 1. The van der Waals surface area contributed by atoms with Crippen molar-refractivity contribution < 1.29 is 18.7 Å². The molecule has 0 saturated carbocycles. The average Bonchev–Trinajstić information content (AvgIpc) is 3.60. The molecule has 2 atom stereocenters. The number of imide groups is 1. The number of pyridine rings is 1. The van der Waals surface area contributed by atoms with E-state index in [9.17, 15) is 9.59 Å². The van der Waals surface area contributed by atoms with Gasteiger partial charge in [-0.15, -0.1) is 0 Å². The lowest BCUT2D eigenvalue weighted by atomic mass is 9.75. The molecule has 0 aliphatic carbocycles. The summed E-state index contributed by atoms with van der Waals surface area (Å²) in [4.78, 5) is 35.3. The van der Waals surface area contributed by atoms with Crippen molar-refractivity contribution in [2.24, 2.45) is 5.92 Å². The van der Waals surface area contributed by atoms with Crippen molar-refractivity contribution in [3.05, 3.63) is 66.2 Å². The van der Waals surface area contributed by atoms with Crippen LogP contribution in [0.15, 0.2) is 59.1 Å². The van der Waals surface area contributed by atoms with E-state index in [1.165, 1.54) is 4.90 Å². The molecule has 3 aliphatic heterocycles. The van der Waals surface area contributed by atoms with Gasteiger partial charge in [0.05, 0.1) is 24.9 Å². The molecule has 182 valence electrons. The molecule has 0 unspecified atom stereocenters. The summed E-state index contributed by atoms with van der Waals surface area (Å²) in [6, 6.07) is 15.4. The third kappa shape index (κ3) is 4.00. The van der Waals surface area contributed by atoms with E-state index in [-0.39, 0.29) is 24.0 Å². The predicted molar refractivity (Wildman–Crippen MR) is 129 cm³/mol. The van der Waals surface area contributed by atoms with Crippen LogP contribution in [0.25, 0.3) is 11.0 Å². The molecule has 0 spiro atoms. The number of para-hydroxylation sites is 1. The summed E-state index contributed by atoms with van der Waals surface area (Å²) in [5.41, 5.74) is 0.378. The van der Waals surface area contributed by atoms with Crippen LogP contribution in [0, 0.1) is 5.92 Å². The van der Waals surface area contributed by atoms with Crippen LogP contribution in [-0.2, 0) is 21.6 Å². The van der Waals surface area contributed by atoms with E-state index in [0.29, 0.717) is 18.8 Å². The molecule has 3 aliphatic rings. The fourth-order valence-corrected chi connectivity index (χ4v) is 5.87. The number of rotatable bonds is 6. The maximum absolute atomic E-state index is 13.9. The van der Waals surface area contributed by atoms with Crippen LogP contribution in [0.5, 0.6) is 0 Å². The lowest BCUT2D eigenvalue weighted by molar-refractivity contribution is -0.135. The highest BCUT2D eigenvalue weighted by atomic mass is 16.5. The Bertz CT molecular complexity index is 1180. The lowest BCUT2D eigenvalue weighted by Gasteiger charge is -2.40. The second-order valence-corrected chi connectivity index (χ2v) is 9.80. The van der Waals surface area contributed by atoms with Gasteiger partial charge in [0.2, 0.25) is 0 Å². The monoisotopic (exact) mass is 474 g/mol. The number of ether oxygens (including phenoxy) is 1. The van der Waals surface area contributed by atoms with Crippen LogP contribution < -0.4 is 5.32 Å². The molecule has 3 fully saturated rings. The van der Waals surface area contributed by atoms with Gasteiger partial charge >= 0.3 is 6.03 Å². The Morgan fingerprint density at radius 2 is 1.89 bits per heavy atom. The zero-order valence-corrected chi connectivity index (χ0v) is 19.7. The number of nitrogens with one attached hydrogen (secondary N) is 1. The quantitative estimate of drug-likeness (QED) is 0.549. The van der Waals surface area contributed by atoms with Crippen molar-refractivity contribution in [1.82, 2.24) is 20.1 Å². The van der Waals surface area contributed by atoms with Gasteiger partial charge in [-0.1, -0.05) is 24.3 Å². The van der Waals surface area contributed by atoms with Gasteiger partial charge in [-0.3, -0.25) is 19.6 Å². The molecule has 5 heterocycles. The number of urea groups is 1. The zero-order valence-electron chi connectivity index (χ0n) is 19.7. The Balaban J connectivity index is 1.21. The largest absolute Gasteiger partial charge is 0.460 e. The summed E-state index contributed by atoms with van der Waals surface area (Å²) in [5, 5.41) is 4.20. The van der Waals surface area contributed by atoms with Gasteiger partial charge in [-0.2, -0.15) is 0 Å². The number of carbonyl (C=O) groups is 2. The van der Waals surface area contributed by atoms with E-state index in [2.05, 4.69) is 27.3 Å². The first-order valence-electron chi connectivity index (χ1n) is 12.5. The molecule has 3 aromatic rings. The second kappa shape index (κ2) is 9.09. The standard InChI is InChI=1S/C27H30N4O4/c32-25-27(24-9-3-4-12-28-24,29-26(33)31(25)18-21-7-5-15-34-21)20-10-13-30(14-11-20)17-22-16-19-6-1-2-8-23(19)35-22/h1-4,6,8-9,12,16,20-21H,5,7,10-11,13-15,17-18H2,(H,29,33)/t21-,27-/m0/s1. The van der Waals surface area contributed by atoms with Crippen molar-refractivity contribution in [2.45, 2.75) is 43.9 Å². The van der Waals surface area contributed by atoms with Crippen molar-refractivity contribution >= 4 is 22.9 Å². The highest BCUT2D eigenvalue weighted by Crippen LogP contribution is 2.41. The smallest absolute Gasteiger partial charge is 0.325 e. The van der Waals surface area contributed by atoms with Crippen LogP contribution in [-0.4, -0.2) is 59.1 Å². The maximum Gasteiger partial charge on any atom is 0.325 e. The molecule has 8 nitrogen and oxygen atoms in total. The molecular weight excluding hydrogens is 444 g/mol. The summed E-state index contributed by atoms with van der Waals surface area (Å²) in [6.07, 6.45) is 4.98. The molecule has 6 rings (SSSR count). The molecule has 1 N–H and O–H groups in total. The first kappa shape index (κ1) is 22.2. The van der Waals surface area contributed by atoms with Gasteiger partial charge in [0.15, 0.2) is 5.54 Å². The van der Waals surface area contributed by atoms with Crippen molar-refractivity contribution in [3.63, 3.8) is 0 Å². The van der Waals surface area contributed by atoms with Gasteiger partial charge in [0.1, 0.15) is 11.3 Å². The minimum atomic E-state index is -1.14. The second-order valence-electron chi connectivity index (χ2n) is 9.80. The molecule has 3 amide bonds. The lowest BCUT2D eigenvalue weighted by Crippen LogP contribution is -2.54. The Morgan fingerprint density at radius 1 is 1.06 bits per heavy atom. The fourth-order valence-electron chi connectivity index (χ4n) is 5.87. The summed E-state index contributed by atoms with van der Waals surface area (Å²) in [6.45, 7) is 3.33. The minimum absolute atomic E-state index is 0.0460. The normalized spacial score (nSPS) is 26.1. The summed E-state index contributed by atoms with van der Waals surface area (Å²) in [5.74, 6) is 0.694. The molecule has 0 bridgehead atoms. The van der Waals surface area contributed by atoms with Crippen LogP contribution in [0.2, 0.25) is 0 Å². The van der Waals surface area contributed by atoms with E-state index in [4.69, 9.17) is 9.15 Å². The van der Waals surface area contributed by atoms with Crippen LogP contribution >= 0.6 is 0 Å². The number of likely N-dealkylation sites (tertiary alicyclic amines) is 1. The van der Waals surface area contributed by atoms with Crippen molar-refractivity contribution in [3.8, 4) is 0 Å². The van der Waals surface area contributed by atoms with Gasteiger partial charge in [0.25, 0.3) is 5.91 Å². The number of piperidine rings is 1. The third-order valence-corrected chi connectivity index (χ3v) is 7.67. The van der Waals surface area contributed by atoms with Crippen LogP contribution in [0.3, 0.4) is 0 Å². The van der Waals surface area contributed by atoms with E-state index < -0.39 is 5.54 Å². The number of amides is 3. The average molecular weight is 475 g/mol. The van der Waals surface area contributed by atoms with Crippen molar-refractivity contribution in [2.75, 3.05) is 26.2 Å². The SMILES string of the molecule is O=C1N[C@](c2ccccn2)(C2CCN(Cc3cc4ccccc4o3)CC2)C(=O)N1C[C@@H]1CCCO1. The van der Waals surface area contributed by atoms with Crippen molar-refractivity contribution in [1.29, 1.82) is 0 Å². The number of hydrogen-bond donors (Lipinski definition) is 1. The third-order valence-electron chi connectivity index (χ3n) is 7.67. The summed E-state index contributed by atoms with van der Waals surface area (Å²) < 4.78 is 11.7. The van der Waals surface area contributed by atoms with E-state index in [1.807, 2.05) is 36.4 Å². The highest BCUT2D eigenvalue weighted by molar-refractivity contribution is 6.07. The molecule has 0 radical (unpaired) electrons. The number of hydrogen-bond acceptors (Lipinski definition) is 6. The molecule has 2 aromatic heterocycles. The first-order valence-corrected chi connectivity index (χ1v) is 12.5. The number of fused-ring (bicyclic) bond motifs is 1. The Labute approximate surface area is 204 Å². The first-order chi connectivity index (χ1) is 17.1. The van der Waals surface area contributed by atoms with Gasteiger partial charge in [-0.25, -0.2) is 4.79 Å². The zero-order chi connectivity index (χ0) is 23.8. The molecule has 8 heteroatoms. The van der Waals surface area contributed by atoms with Gasteiger partial charge in [-0.05, 0) is 69.0 Å². The predicted octanol–water partition coefficient (Wildman–Crippen LogP) is 3.67. The molecule has 35 heavy (non-hydrogen) atoms. The van der Waals surface area contributed by atoms with E-state index in [0.717, 1.165) is 62.0 Å². The minimum Gasteiger partial charge on any atom is -0.460 e. The van der Waals surface area contributed by atoms with E-state index >= 15 is 0 Å². The Hall–Kier alpha value is -3.23. The fraction of sp³-hybridized carbons (Fsp3) is 0.444. The summed E-state index contributed by atoms with van der Waals surface area (Å²) in [7, 11) is 0. The number of aromatic nitrogens is 1. The Kier molecular flexibility index (Phi) is 5.78. The van der Waals surface area contributed by atoms with Crippen LogP contribution in [0.4, 0.5) is 4.79 Å². The topological polar surface area (TPSA) is 87.9 Å². The number of benzene rings is 1. The van der Waals surface area contributed by atoms with Gasteiger partial charge < -0.3 is 14.5 Å². The maximum atomic E-state index is 13.9. The molecule has 3 saturated heterocycles. The highest BCUT2D eigenvalue weighted by Gasteiger charge is 2.58. The molecular formula is C27H30N4O4. The number of nitrogens with zero attached hydrogens (tertiary/aromatic N) is 3. The van der Waals surface area contributed by atoms with Gasteiger partial charge in [0, 0.05) is 18.2 Å². The number of carbonyl (C=O) groups excluding carboxylic acids is 2.